The van der Waals surface area contributed by atoms with Crippen LogP contribution >= 0.6 is 0 Å². The largest absolute Gasteiger partial charge is 0.489 e. The Morgan fingerprint density at radius 3 is 2.25 bits per heavy atom. The molecule has 186 valence electrons. The molecule has 0 aliphatic heterocycles. The van der Waals surface area contributed by atoms with E-state index in [1.807, 2.05) is 30.3 Å². The maximum Gasteiger partial charge on any atom is 0.416 e. The second-order valence-electron chi connectivity index (χ2n) is 8.01. The lowest BCUT2D eigenvalue weighted by atomic mass is 10.0. The highest BCUT2D eigenvalue weighted by atomic mass is 19.4. The average Bonchev–Trinajstić information content (AvgIpc) is 3.17. The molecule has 0 fully saturated rings. The third kappa shape index (κ3) is 5.62. The van der Waals surface area contributed by atoms with Crippen LogP contribution in [0.1, 0.15) is 27.9 Å². The molecule has 4 rings (SSSR count). The van der Waals surface area contributed by atoms with Crippen molar-refractivity contribution in [2.75, 3.05) is 0 Å². The summed E-state index contributed by atoms with van der Waals surface area (Å²) < 4.78 is 87.6. The zero-order valence-corrected chi connectivity index (χ0v) is 18.6. The number of aromatic nitrogens is 1. The van der Waals surface area contributed by atoms with E-state index in [0.29, 0.717) is 41.3 Å². The van der Waals surface area contributed by atoms with Crippen LogP contribution in [0, 0.1) is 0 Å². The van der Waals surface area contributed by atoms with E-state index in [1.165, 1.54) is 16.7 Å². The Hall–Kier alpha value is -4.01. The molecule has 0 N–H and O–H groups in total. The number of benzene rings is 3. The van der Waals surface area contributed by atoms with Gasteiger partial charge in [0.1, 0.15) is 18.6 Å². The van der Waals surface area contributed by atoms with Gasteiger partial charge in [-0.05, 0) is 59.7 Å². The van der Waals surface area contributed by atoms with E-state index >= 15 is 0 Å². The van der Waals surface area contributed by atoms with Crippen molar-refractivity contribution in [2.24, 2.45) is 0 Å². The lowest BCUT2D eigenvalue weighted by Gasteiger charge is -2.18. The quantitative estimate of drug-likeness (QED) is 0.148. The third-order valence-electron chi connectivity index (χ3n) is 5.57. The van der Waals surface area contributed by atoms with Crippen molar-refractivity contribution in [3.63, 3.8) is 0 Å². The predicted molar refractivity (Wildman–Crippen MR) is 123 cm³/mol. The summed E-state index contributed by atoms with van der Waals surface area (Å²) in [7, 11) is 0. The van der Waals surface area contributed by atoms with Gasteiger partial charge in [0.15, 0.2) is 0 Å². The first-order valence-corrected chi connectivity index (χ1v) is 10.8. The van der Waals surface area contributed by atoms with E-state index in [1.54, 1.807) is 24.3 Å². The highest BCUT2D eigenvalue weighted by Gasteiger charge is 2.38. The first kappa shape index (κ1) is 25.1. The number of allylic oxidation sites excluding steroid dienone is 1. The van der Waals surface area contributed by atoms with Gasteiger partial charge < -0.3 is 9.30 Å². The molecule has 0 aliphatic carbocycles. The summed E-state index contributed by atoms with van der Waals surface area (Å²) >= 11 is 0. The number of aldehydes is 1. The molecule has 0 saturated heterocycles. The maximum absolute atomic E-state index is 13.7. The van der Waals surface area contributed by atoms with Crippen LogP contribution in [0.3, 0.4) is 0 Å². The summed E-state index contributed by atoms with van der Waals surface area (Å²) in [5, 5.41) is 0.631. The molecule has 36 heavy (non-hydrogen) atoms. The molecule has 3 aromatic carbocycles. The number of fused-ring (bicyclic) bond motifs is 1. The van der Waals surface area contributed by atoms with E-state index in [-0.39, 0.29) is 18.2 Å². The standard InChI is InChI=1S/C27H19F6NO2/c28-26(29,30)21-9-8-19(24(15-21)27(31,32)33)16-34-22(7-4-12-35)13-20-14-23(10-11-25(20)34)36-17-18-5-2-1-3-6-18/h1-15H,16-17H2/b7-4+. The van der Waals surface area contributed by atoms with Crippen LogP contribution < -0.4 is 4.74 Å². The molecule has 9 heteroatoms. The number of nitrogens with zero attached hydrogens (tertiary/aromatic N) is 1. The van der Waals surface area contributed by atoms with Gasteiger partial charge in [0, 0.05) is 23.1 Å². The molecule has 0 bridgehead atoms. The van der Waals surface area contributed by atoms with Crippen LogP contribution in [0.25, 0.3) is 17.0 Å². The van der Waals surface area contributed by atoms with Gasteiger partial charge in [-0.15, -0.1) is 0 Å². The lowest BCUT2D eigenvalue weighted by molar-refractivity contribution is -0.143. The molecular weight excluding hydrogens is 484 g/mol. The minimum atomic E-state index is -4.99. The highest BCUT2D eigenvalue weighted by molar-refractivity contribution is 5.86. The van der Waals surface area contributed by atoms with Crippen molar-refractivity contribution in [2.45, 2.75) is 25.5 Å². The first-order chi connectivity index (χ1) is 17.1. The van der Waals surface area contributed by atoms with E-state index in [9.17, 15) is 31.1 Å². The number of rotatable bonds is 7. The molecule has 3 nitrogen and oxygen atoms in total. The Morgan fingerprint density at radius 2 is 1.58 bits per heavy atom. The van der Waals surface area contributed by atoms with Crippen LogP contribution in [0.4, 0.5) is 26.3 Å². The van der Waals surface area contributed by atoms with Crippen LogP contribution in [0.5, 0.6) is 5.75 Å². The zero-order chi connectivity index (χ0) is 25.9. The molecule has 0 atom stereocenters. The Labute approximate surface area is 202 Å². The fraction of sp³-hybridized carbons (Fsp3) is 0.148. The Morgan fingerprint density at radius 1 is 0.833 bits per heavy atom. The zero-order valence-electron chi connectivity index (χ0n) is 18.6. The number of carbonyl (C=O) groups excluding carboxylic acids is 1. The molecule has 0 saturated carbocycles. The smallest absolute Gasteiger partial charge is 0.416 e. The van der Waals surface area contributed by atoms with E-state index in [0.717, 1.165) is 11.6 Å². The second-order valence-corrected chi connectivity index (χ2v) is 8.01. The van der Waals surface area contributed by atoms with Crippen LogP contribution in [-0.2, 0) is 30.3 Å². The van der Waals surface area contributed by atoms with Gasteiger partial charge in [0.05, 0.1) is 11.1 Å². The SMILES string of the molecule is O=C/C=C/c1cc2cc(OCc3ccccc3)ccc2n1Cc1ccc(C(F)(F)F)cc1C(F)(F)F. The Kier molecular flexibility index (Phi) is 6.92. The molecule has 1 heterocycles. The number of alkyl halides is 6. The van der Waals surface area contributed by atoms with Crippen molar-refractivity contribution in [3.8, 4) is 5.75 Å². The average molecular weight is 503 g/mol. The number of hydrogen-bond acceptors (Lipinski definition) is 2. The number of hydrogen-bond donors (Lipinski definition) is 0. The molecule has 1 aromatic heterocycles. The molecule has 4 aromatic rings. The lowest BCUT2D eigenvalue weighted by Crippen LogP contribution is -2.15. The summed E-state index contributed by atoms with van der Waals surface area (Å²) in [6, 6.07) is 17.7. The van der Waals surface area contributed by atoms with Gasteiger partial charge >= 0.3 is 12.4 Å². The van der Waals surface area contributed by atoms with Crippen LogP contribution in [0.2, 0.25) is 0 Å². The van der Waals surface area contributed by atoms with Gasteiger partial charge in [-0.2, -0.15) is 26.3 Å². The van der Waals surface area contributed by atoms with Crippen LogP contribution in [-0.4, -0.2) is 10.9 Å². The monoisotopic (exact) mass is 503 g/mol. The normalized spacial score (nSPS) is 12.4. The van der Waals surface area contributed by atoms with Gasteiger partial charge in [-0.25, -0.2) is 0 Å². The van der Waals surface area contributed by atoms with Gasteiger partial charge in [0.25, 0.3) is 0 Å². The van der Waals surface area contributed by atoms with Crippen molar-refractivity contribution < 1.29 is 35.9 Å². The number of ether oxygens (including phenoxy) is 1. The van der Waals surface area contributed by atoms with Crippen molar-refractivity contribution >= 4 is 23.3 Å². The molecular formula is C27H19F6NO2. The van der Waals surface area contributed by atoms with Crippen molar-refractivity contribution in [1.29, 1.82) is 0 Å². The van der Waals surface area contributed by atoms with Gasteiger partial charge in [-0.3, -0.25) is 4.79 Å². The Bertz CT molecular complexity index is 1400. The molecule has 0 aliphatic rings. The summed E-state index contributed by atoms with van der Waals surface area (Å²) in [5.74, 6) is 0.528. The molecule has 0 radical (unpaired) electrons. The summed E-state index contributed by atoms with van der Waals surface area (Å²) in [5.41, 5.74) is -1.19. The minimum Gasteiger partial charge on any atom is -0.489 e. The molecule has 0 amide bonds. The van der Waals surface area contributed by atoms with Crippen molar-refractivity contribution in [3.05, 3.63) is 107 Å². The van der Waals surface area contributed by atoms with Gasteiger partial charge in [0.2, 0.25) is 0 Å². The van der Waals surface area contributed by atoms with Crippen LogP contribution in [0.15, 0.2) is 78.9 Å². The van der Waals surface area contributed by atoms with Crippen molar-refractivity contribution in [1.82, 2.24) is 4.57 Å². The number of halogens is 6. The molecule has 0 spiro atoms. The summed E-state index contributed by atoms with van der Waals surface area (Å²) in [6.45, 7) is -0.0509. The van der Waals surface area contributed by atoms with E-state index < -0.39 is 23.5 Å². The van der Waals surface area contributed by atoms with E-state index in [2.05, 4.69) is 0 Å². The fourth-order valence-corrected chi connectivity index (χ4v) is 3.88. The fourth-order valence-electron chi connectivity index (χ4n) is 3.88. The summed E-state index contributed by atoms with van der Waals surface area (Å²) in [4.78, 5) is 10.9. The molecule has 0 unspecified atom stereocenters. The maximum atomic E-state index is 13.7. The highest BCUT2D eigenvalue weighted by Crippen LogP contribution is 2.38. The number of carbonyl (C=O) groups is 1. The Balaban J connectivity index is 1.73. The topological polar surface area (TPSA) is 31.2 Å². The second kappa shape index (κ2) is 9.93. The van der Waals surface area contributed by atoms with E-state index in [4.69, 9.17) is 4.74 Å². The summed E-state index contributed by atoms with van der Waals surface area (Å²) in [6.07, 6.45) is -6.76. The predicted octanol–water partition coefficient (Wildman–Crippen LogP) is 7.52. The van der Waals surface area contributed by atoms with Gasteiger partial charge in [-0.1, -0.05) is 36.4 Å². The first-order valence-electron chi connectivity index (χ1n) is 10.8. The third-order valence-corrected chi connectivity index (χ3v) is 5.57. The minimum absolute atomic E-state index is 0.123.